The van der Waals surface area contributed by atoms with E-state index in [1.165, 1.54) is 19.1 Å². The largest absolute Gasteiger partial charge is 0.573 e. The standard InChI is InChI=1S/C28H7F10N5O4/c1-9(6-39)25-42-19-17(10-2-13(29)21(14(30)3-10)46-27(33,34)35)24-20(43-26(45-24)12(7-40)8-41)18(23(19)44-25)11-4-15(31)22(16(32)5-11)47-28(36,37)38/h2-5H,1H3/b25-9-. The van der Waals surface area contributed by atoms with Gasteiger partial charge in [-0.2, -0.15) is 15.8 Å². The first-order chi connectivity index (χ1) is 22.0. The summed E-state index contributed by atoms with van der Waals surface area (Å²) >= 11 is 0. The minimum absolute atomic E-state index is 0.245. The molecule has 0 aliphatic heterocycles. The number of benzene rings is 3. The van der Waals surface area contributed by atoms with Gasteiger partial charge in [-0.1, -0.05) is 0 Å². The van der Waals surface area contributed by atoms with Gasteiger partial charge in [-0.05, 0) is 42.3 Å². The lowest BCUT2D eigenvalue weighted by Crippen LogP contribution is -2.19. The highest BCUT2D eigenvalue weighted by Crippen LogP contribution is 2.44. The number of halogens is 10. The monoisotopic (exact) mass is 667 g/mol. The number of hydrogen-bond donors (Lipinski definition) is 0. The Hall–Kier alpha value is -6.29. The molecule has 9 nitrogen and oxygen atoms in total. The summed E-state index contributed by atoms with van der Waals surface area (Å²) in [5.41, 5.74) is -7.08. The zero-order chi connectivity index (χ0) is 34.6. The van der Waals surface area contributed by atoms with E-state index in [0.717, 1.165) is 0 Å². The van der Waals surface area contributed by atoms with Gasteiger partial charge in [0.1, 0.15) is 29.2 Å². The SMILES string of the molecule is C/C(C#N)=c1\nc2c(-c3cc(F)c(OC(F)(F)F)c(F)c3)c3oc(=C(C#N)C#N)nc3c(-c3cc(F)c(OC(F)(F)F)c(F)c3)c2o1. The van der Waals surface area contributed by atoms with E-state index in [0.29, 0.717) is 24.3 Å². The zero-order valence-corrected chi connectivity index (χ0v) is 22.5. The minimum Gasteiger partial charge on any atom is -0.435 e. The van der Waals surface area contributed by atoms with Gasteiger partial charge in [0.2, 0.25) is 22.6 Å². The molecule has 0 N–H and O–H groups in total. The Morgan fingerprint density at radius 2 is 1.00 bits per heavy atom. The molecule has 0 amide bonds. The number of ether oxygens (including phenoxy) is 2. The van der Waals surface area contributed by atoms with Crippen molar-refractivity contribution >= 4 is 33.3 Å². The number of nitrogens with zero attached hydrogens (tertiary/aromatic N) is 5. The van der Waals surface area contributed by atoms with Crippen LogP contribution in [0.5, 0.6) is 11.5 Å². The molecule has 2 aromatic heterocycles. The van der Waals surface area contributed by atoms with Crippen LogP contribution >= 0.6 is 0 Å². The van der Waals surface area contributed by atoms with Crippen LogP contribution in [0.3, 0.4) is 0 Å². The third-order valence-corrected chi connectivity index (χ3v) is 6.12. The Balaban J connectivity index is 1.99. The quantitative estimate of drug-likeness (QED) is 0.195. The zero-order valence-electron chi connectivity index (χ0n) is 22.5. The Morgan fingerprint density at radius 3 is 1.34 bits per heavy atom. The van der Waals surface area contributed by atoms with E-state index >= 15 is 0 Å². The molecule has 0 saturated heterocycles. The van der Waals surface area contributed by atoms with E-state index in [4.69, 9.17) is 8.83 Å². The number of rotatable bonds is 4. The second-order valence-electron chi connectivity index (χ2n) is 9.11. The van der Waals surface area contributed by atoms with Crippen LogP contribution in [0.25, 0.3) is 55.6 Å². The maximum absolute atomic E-state index is 14.9. The lowest BCUT2D eigenvalue weighted by Gasteiger charge is -2.14. The van der Waals surface area contributed by atoms with E-state index in [-0.39, 0.29) is 5.57 Å². The lowest BCUT2D eigenvalue weighted by molar-refractivity contribution is -0.277. The summed E-state index contributed by atoms with van der Waals surface area (Å²) in [5, 5.41) is 28.1. The average molecular weight is 667 g/mol. The summed E-state index contributed by atoms with van der Waals surface area (Å²) in [5.74, 6) is -11.3. The van der Waals surface area contributed by atoms with Gasteiger partial charge in [-0.15, -0.1) is 26.3 Å². The third kappa shape index (κ3) is 5.91. The molecule has 5 rings (SSSR count). The number of alkyl halides is 6. The van der Waals surface area contributed by atoms with Crippen LogP contribution in [0.1, 0.15) is 6.92 Å². The Kier molecular flexibility index (Phi) is 7.69. The Bertz CT molecular complexity index is 2200. The van der Waals surface area contributed by atoms with Crippen LogP contribution in [0.4, 0.5) is 43.9 Å². The van der Waals surface area contributed by atoms with Gasteiger partial charge in [0, 0.05) is 0 Å². The molecule has 238 valence electrons. The highest BCUT2D eigenvalue weighted by molar-refractivity contribution is 6.15. The van der Waals surface area contributed by atoms with E-state index in [9.17, 15) is 59.7 Å². The average Bonchev–Trinajstić information content (AvgIpc) is 3.59. The predicted octanol–water partition coefficient (Wildman–Crippen LogP) is 6.55. The first-order valence-corrected chi connectivity index (χ1v) is 12.1. The van der Waals surface area contributed by atoms with Crippen molar-refractivity contribution < 1.29 is 62.2 Å². The van der Waals surface area contributed by atoms with Crippen LogP contribution in [-0.4, -0.2) is 22.7 Å². The van der Waals surface area contributed by atoms with Crippen LogP contribution < -0.4 is 20.6 Å². The second-order valence-corrected chi connectivity index (χ2v) is 9.11. The van der Waals surface area contributed by atoms with Gasteiger partial charge >= 0.3 is 12.7 Å². The van der Waals surface area contributed by atoms with Crippen LogP contribution in [-0.2, 0) is 0 Å². The van der Waals surface area contributed by atoms with Gasteiger partial charge in [0.25, 0.3) is 0 Å². The van der Waals surface area contributed by atoms with Crippen LogP contribution in [0, 0.1) is 57.3 Å². The predicted molar refractivity (Wildman–Crippen MR) is 134 cm³/mol. The number of aromatic nitrogens is 2. The molecule has 0 aliphatic carbocycles. The third-order valence-electron chi connectivity index (χ3n) is 6.12. The molecule has 19 heteroatoms. The Labute approximate surface area is 252 Å². The topological polar surface area (TPSA) is 142 Å². The number of fused-ring (bicyclic) bond motifs is 2. The normalized spacial score (nSPS) is 12.4. The number of nitriles is 3. The summed E-state index contributed by atoms with van der Waals surface area (Å²) in [4.78, 5) is 8.04. The van der Waals surface area contributed by atoms with E-state index < -0.39 is 109 Å². The lowest BCUT2D eigenvalue weighted by atomic mass is 9.95. The first kappa shape index (κ1) is 32.1. The molecule has 0 aliphatic rings. The van der Waals surface area contributed by atoms with Crippen molar-refractivity contribution in [3.63, 3.8) is 0 Å². The van der Waals surface area contributed by atoms with Crippen molar-refractivity contribution in [1.29, 1.82) is 15.8 Å². The summed E-state index contributed by atoms with van der Waals surface area (Å²) < 4.78 is 154. The smallest absolute Gasteiger partial charge is 0.435 e. The van der Waals surface area contributed by atoms with Gasteiger partial charge < -0.3 is 18.3 Å². The summed E-state index contributed by atoms with van der Waals surface area (Å²) in [6.07, 6.45) is -11.0. The molecule has 3 aromatic carbocycles. The van der Waals surface area contributed by atoms with Crippen LogP contribution in [0.15, 0.2) is 33.1 Å². The fraction of sp³-hybridized carbons (Fsp3) is 0.107. The van der Waals surface area contributed by atoms with Gasteiger partial charge in [-0.3, -0.25) is 0 Å². The second kappa shape index (κ2) is 11.3. The molecule has 0 spiro atoms. The maximum Gasteiger partial charge on any atom is 0.573 e. The van der Waals surface area contributed by atoms with Crippen LogP contribution in [0.2, 0.25) is 0 Å². The summed E-state index contributed by atoms with van der Waals surface area (Å²) in [6.45, 7) is 1.19. The van der Waals surface area contributed by atoms with Crippen molar-refractivity contribution in [2.75, 3.05) is 0 Å². The van der Waals surface area contributed by atoms with E-state index in [2.05, 4.69) is 19.4 Å². The fourth-order valence-corrected chi connectivity index (χ4v) is 4.34. The summed E-state index contributed by atoms with van der Waals surface area (Å²) in [7, 11) is 0. The molecule has 0 radical (unpaired) electrons. The van der Waals surface area contributed by atoms with E-state index in [1.54, 1.807) is 6.07 Å². The van der Waals surface area contributed by atoms with Crippen molar-refractivity contribution in [3.05, 3.63) is 58.6 Å². The van der Waals surface area contributed by atoms with Crippen molar-refractivity contribution in [1.82, 2.24) is 9.97 Å². The van der Waals surface area contributed by atoms with Gasteiger partial charge in [0.15, 0.2) is 40.0 Å². The molecule has 5 aromatic rings. The molecular weight excluding hydrogens is 660 g/mol. The first-order valence-electron chi connectivity index (χ1n) is 12.1. The molecule has 2 heterocycles. The molecule has 0 unspecified atom stereocenters. The highest BCUT2D eigenvalue weighted by atomic mass is 19.4. The summed E-state index contributed by atoms with van der Waals surface area (Å²) in [6, 6.07) is 5.96. The maximum atomic E-state index is 14.9. The molecule has 47 heavy (non-hydrogen) atoms. The number of oxazole rings is 2. The van der Waals surface area contributed by atoms with Crippen molar-refractivity contribution in [2.45, 2.75) is 19.6 Å². The van der Waals surface area contributed by atoms with Crippen molar-refractivity contribution in [3.8, 4) is 52.0 Å². The number of hydrogen-bond acceptors (Lipinski definition) is 9. The van der Waals surface area contributed by atoms with Crippen molar-refractivity contribution in [2.24, 2.45) is 0 Å². The molecule has 0 bridgehead atoms. The minimum atomic E-state index is -5.51. The van der Waals surface area contributed by atoms with E-state index in [1.807, 2.05) is 0 Å². The molecule has 0 saturated carbocycles. The molecule has 0 atom stereocenters. The fourth-order valence-electron chi connectivity index (χ4n) is 4.34. The molecule has 0 fully saturated rings. The van der Waals surface area contributed by atoms with Gasteiger partial charge in [0.05, 0.1) is 16.7 Å². The van der Waals surface area contributed by atoms with Gasteiger partial charge in [-0.25, -0.2) is 27.5 Å². The highest BCUT2D eigenvalue weighted by Gasteiger charge is 2.36. The Morgan fingerprint density at radius 1 is 0.638 bits per heavy atom. The molecular formula is C28H7F10N5O4.